The van der Waals surface area contributed by atoms with E-state index in [4.69, 9.17) is 18.6 Å². The molecule has 0 aliphatic heterocycles. The molecule has 6 nitrogen and oxygen atoms in total. The van der Waals surface area contributed by atoms with Crippen LogP contribution in [0.1, 0.15) is 53.0 Å². The predicted octanol–water partition coefficient (Wildman–Crippen LogP) is 5.52. The molecule has 1 aromatic rings. The molecule has 0 spiro atoms. The van der Waals surface area contributed by atoms with Crippen LogP contribution in [0.15, 0.2) is 30.9 Å². The maximum Gasteiger partial charge on any atom is 0.191 e. The summed E-state index contributed by atoms with van der Waals surface area (Å²) in [5, 5.41) is 0.0974. The molecule has 1 rings (SSSR count). The van der Waals surface area contributed by atoms with E-state index in [-0.39, 0.29) is 5.04 Å². The van der Waals surface area contributed by atoms with Crippen LogP contribution in [-0.2, 0) is 25.7 Å². The Kier molecular flexibility index (Phi) is 10.2. The number of rotatable bonds is 13. The normalized spacial score (nSPS) is 15.7. The van der Waals surface area contributed by atoms with Crippen molar-refractivity contribution >= 4 is 19.3 Å². The van der Waals surface area contributed by atoms with E-state index in [1.807, 2.05) is 24.3 Å². The zero-order chi connectivity index (χ0) is 24.8. The third kappa shape index (κ3) is 6.90. The molecule has 8 heteroatoms. The Hall–Kier alpha value is -1.19. The first kappa shape index (κ1) is 28.8. The predicted molar refractivity (Wildman–Crippen MR) is 136 cm³/mol. The van der Waals surface area contributed by atoms with E-state index in [1.165, 1.54) is 0 Å². The van der Waals surface area contributed by atoms with Gasteiger partial charge < -0.3 is 18.6 Å². The standard InChI is InChI=1S/C24H43NO5SSi/c1-12-15-24(25-31(26)23(5,6)29-9,16-17-30-32(10,11)22(2,3)4)20-14-13-19(27-7)18-21(20)28-8/h12-14,18,25H,1,15-17H2,2-11H3. The third-order valence-electron chi connectivity index (χ3n) is 6.44. The first-order valence-electron chi connectivity index (χ1n) is 10.9. The molecular weight excluding hydrogens is 442 g/mol. The van der Waals surface area contributed by atoms with Crippen LogP contribution >= 0.6 is 0 Å². The lowest BCUT2D eigenvalue weighted by Gasteiger charge is -2.40. The number of nitrogens with one attached hydrogen (secondary N) is 1. The van der Waals surface area contributed by atoms with Crippen molar-refractivity contribution < 1.29 is 22.8 Å². The number of ether oxygens (including phenoxy) is 3. The summed E-state index contributed by atoms with van der Waals surface area (Å²) in [5.74, 6) is 1.34. The van der Waals surface area contributed by atoms with E-state index in [2.05, 4.69) is 45.2 Å². The Morgan fingerprint density at radius 2 is 1.72 bits per heavy atom. The first-order valence-corrected chi connectivity index (χ1v) is 15.0. The molecule has 184 valence electrons. The fourth-order valence-corrected chi connectivity index (χ4v) is 5.10. The SMILES string of the molecule is C=CCC(CCO[Si](C)(C)C(C)(C)C)(NS(=O)C(C)(C)OC)c1ccc(OC)cc1OC. The van der Waals surface area contributed by atoms with Crippen LogP contribution in [0.4, 0.5) is 0 Å². The minimum absolute atomic E-state index is 0.0974. The molecule has 1 N–H and O–H groups in total. The average molecular weight is 486 g/mol. The van der Waals surface area contributed by atoms with Gasteiger partial charge in [-0.2, -0.15) is 0 Å². The Bertz CT molecular complexity index is 791. The summed E-state index contributed by atoms with van der Waals surface area (Å²) in [5.41, 5.74) is 0.141. The summed E-state index contributed by atoms with van der Waals surface area (Å²) < 4.78 is 39.8. The highest BCUT2D eigenvalue weighted by Crippen LogP contribution is 2.41. The fourth-order valence-electron chi connectivity index (χ4n) is 3.01. The van der Waals surface area contributed by atoms with E-state index in [0.717, 1.165) is 5.56 Å². The zero-order valence-electron chi connectivity index (χ0n) is 21.6. The van der Waals surface area contributed by atoms with Gasteiger partial charge in [-0.3, -0.25) is 0 Å². The van der Waals surface area contributed by atoms with Gasteiger partial charge in [-0.1, -0.05) is 26.8 Å². The molecule has 2 atom stereocenters. The quantitative estimate of drug-likeness (QED) is 0.294. The molecule has 0 heterocycles. The minimum Gasteiger partial charge on any atom is -0.497 e. The van der Waals surface area contributed by atoms with Crippen LogP contribution in [0.25, 0.3) is 0 Å². The van der Waals surface area contributed by atoms with Crippen molar-refractivity contribution in [2.75, 3.05) is 27.9 Å². The molecule has 0 radical (unpaired) electrons. The average Bonchev–Trinajstić information content (AvgIpc) is 2.72. The Morgan fingerprint density at radius 1 is 1.09 bits per heavy atom. The van der Waals surface area contributed by atoms with Crippen LogP contribution in [0.5, 0.6) is 11.5 Å². The van der Waals surface area contributed by atoms with Crippen molar-refractivity contribution in [3.63, 3.8) is 0 Å². The Morgan fingerprint density at radius 3 is 2.19 bits per heavy atom. The Labute approximate surface area is 198 Å². The first-order chi connectivity index (χ1) is 14.7. The molecule has 0 fully saturated rings. The molecule has 0 saturated heterocycles. The maximum absolute atomic E-state index is 13.3. The second-order valence-electron chi connectivity index (χ2n) is 9.97. The van der Waals surface area contributed by atoms with Crippen molar-refractivity contribution in [1.82, 2.24) is 4.72 Å². The Balaban J connectivity index is 3.49. The number of hydrogen-bond acceptors (Lipinski definition) is 5. The van der Waals surface area contributed by atoms with Crippen LogP contribution < -0.4 is 14.2 Å². The monoisotopic (exact) mass is 485 g/mol. The van der Waals surface area contributed by atoms with Gasteiger partial charge in [-0.25, -0.2) is 8.93 Å². The van der Waals surface area contributed by atoms with E-state index in [9.17, 15) is 4.21 Å². The molecule has 0 aliphatic rings. The van der Waals surface area contributed by atoms with E-state index in [1.54, 1.807) is 35.2 Å². The van der Waals surface area contributed by atoms with Gasteiger partial charge in [0.1, 0.15) is 22.5 Å². The minimum atomic E-state index is -1.95. The topological polar surface area (TPSA) is 66.0 Å². The smallest absolute Gasteiger partial charge is 0.191 e. The van der Waals surface area contributed by atoms with Crippen molar-refractivity contribution in [3.05, 3.63) is 36.4 Å². The molecule has 1 aromatic carbocycles. The summed E-state index contributed by atoms with van der Waals surface area (Å²) >= 11 is 0. The molecule has 0 bridgehead atoms. The summed E-state index contributed by atoms with van der Waals surface area (Å²) in [4.78, 5) is -0.883. The largest absolute Gasteiger partial charge is 0.497 e. The van der Waals surface area contributed by atoms with Crippen LogP contribution in [-0.4, -0.2) is 45.4 Å². The fraction of sp³-hybridized carbons (Fsp3) is 0.667. The van der Waals surface area contributed by atoms with E-state index >= 15 is 0 Å². The van der Waals surface area contributed by atoms with Gasteiger partial charge in [0.15, 0.2) is 13.3 Å². The van der Waals surface area contributed by atoms with Crippen molar-refractivity contribution in [2.24, 2.45) is 0 Å². The van der Waals surface area contributed by atoms with Gasteiger partial charge in [0.2, 0.25) is 0 Å². The van der Waals surface area contributed by atoms with Gasteiger partial charge in [-0.05, 0) is 57.0 Å². The second kappa shape index (κ2) is 11.3. The van der Waals surface area contributed by atoms with Crippen molar-refractivity contribution in [1.29, 1.82) is 0 Å². The van der Waals surface area contributed by atoms with Gasteiger partial charge in [0.05, 0.1) is 19.8 Å². The van der Waals surface area contributed by atoms with Crippen molar-refractivity contribution in [3.8, 4) is 11.5 Å². The summed E-state index contributed by atoms with van der Waals surface area (Å²) in [6.07, 6.45) is 2.95. The molecule has 0 amide bonds. The van der Waals surface area contributed by atoms with E-state index < -0.39 is 29.8 Å². The number of hydrogen-bond donors (Lipinski definition) is 1. The summed E-state index contributed by atoms with van der Waals surface area (Å²) in [6, 6.07) is 5.68. The summed E-state index contributed by atoms with van der Waals surface area (Å²) in [6.45, 7) is 19.2. The summed E-state index contributed by atoms with van der Waals surface area (Å²) in [7, 11) is 1.33. The number of benzene rings is 1. The highest BCUT2D eigenvalue weighted by molar-refractivity contribution is 7.84. The van der Waals surface area contributed by atoms with E-state index in [0.29, 0.717) is 30.9 Å². The molecule has 0 aromatic heterocycles. The highest BCUT2D eigenvalue weighted by Gasteiger charge is 2.41. The lowest BCUT2D eigenvalue weighted by atomic mass is 9.84. The third-order valence-corrected chi connectivity index (χ3v) is 12.6. The van der Waals surface area contributed by atoms with Crippen LogP contribution in [0.2, 0.25) is 18.1 Å². The lowest BCUT2D eigenvalue weighted by molar-refractivity contribution is 0.0956. The molecular formula is C24H43NO5SSi. The molecule has 0 aliphatic carbocycles. The van der Waals surface area contributed by atoms with Gasteiger partial charge in [0.25, 0.3) is 0 Å². The second-order valence-corrected chi connectivity index (χ2v) is 16.5. The molecule has 0 saturated carbocycles. The van der Waals surface area contributed by atoms with Crippen LogP contribution in [0.3, 0.4) is 0 Å². The van der Waals surface area contributed by atoms with Gasteiger partial charge in [0, 0.05) is 25.3 Å². The van der Waals surface area contributed by atoms with Crippen LogP contribution in [0, 0.1) is 0 Å². The molecule has 2 unspecified atom stereocenters. The van der Waals surface area contributed by atoms with Gasteiger partial charge >= 0.3 is 0 Å². The number of methoxy groups -OCH3 is 3. The lowest BCUT2D eigenvalue weighted by Crippen LogP contribution is -2.51. The zero-order valence-corrected chi connectivity index (χ0v) is 23.4. The van der Waals surface area contributed by atoms with Crippen molar-refractivity contribution in [2.45, 2.75) is 76.1 Å². The van der Waals surface area contributed by atoms with Gasteiger partial charge in [-0.15, -0.1) is 6.58 Å². The molecule has 32 heavy (non-hydrogen) atoms. The maximum atomic E-state index is 13.3. The highest BCUT2D eigenvalue weighted by atomic mass is 32.2.